The van der Waals surface area contributed by atoms with Gasteiger partial charge in [0.1, 0.15) is 0 Å². The average molecular weight is 503 g/mol. The Morgan fingerprint density at radius 1 is 1.26 bits per heavy atom. The number of piperidine rings is 1. The van der Waals surface area contributed by atoms with Crippen LogP contribution in [0.4, 0.5) is 15.9 Å². The number of urea groups is 1. The second-order valence-electron chi connectivity index (χ2n) is 7.97. The molecule has 9 heteroatoms. The van der Waals surface area contributed by atoms with E-state index in [1.807, 2.05) is 31.5 Å². The maximum absolute atomic E-state index is 11.8. The molecule has 0 aliphatic carbocycles. The number of hydrogen-bond acceptors (Lipinski definition) is 6. The summed E-state index contributed by atoms with van der Waals surface area (Å²) in [5, 5.41) is 6.06. The van der Waals surface area contributed by atoms with Crippen LogP contribution in [0.3, 0.4) is 0 Å². The molecule has 3 heterocycles. The van der Waals surface area contributed by atoms with Crippen molar-refractivity contribution >= 4 is 54.6 Å². The molecule has 7 nitrogen and oxygen atoms in total. The van der Waals surface area contributed by atoms with E-state index in [1.54, 1.807) is 0 Å². The number of carbonyl (C=O) groups excluding carboxylic acids is 1. The molecule has 1 aliphatic rings. The van der Waals surface area contributed by atoms with E-state index in [0.717, 1.165) is 50.6 Å². The van der Waals surface area contributed by atoms with Gasteiger partial charge in [-0.2, -0.15) is 0 Å². The second kappa shape index (κ2) is 9.48. The number of rotatable bonds is 5. The van der Waals surface area contributed by atoms with E-state index in [-0.39, 0.29) is 6.03 Å². The summed E-state index contributed by atoms with van der Waals surface area (Å²) in [6.45, 7) is 8.02. The third-order valence-corrected chi connectivity index (χ3v) is 7.59. The predicted molar refractivity (Wildman–Crippen MR) is 131 cm³/mol. The molecule has 1 aromatic carbocycles. The number of halogens is 1. The summed E-state index contributed by atoms with van der Waals surface area (Å²) in [5.74, 6) is 1.57. The largest absolute Gasteiger partial charge is 0.338 e. The van der Waals surface area contributed by atoms with Crippen LogP contribution in [0.15, 0.2) is 29.0 Å². The van der Waals surface area contributed by atoms with E-state index in [9.17, 15) is 4.79 Å². The summed E-state index contributed by atoms with van der Waals surface area (Å²) in [6.07, 6.45) is 7.26. The molecule has 2 N–H and O–H groups in total. The number of thiazole rings is 1. The molecule has 2 atom stereocenters. The average Bonchev–Trinajstić information content (AvgIpc) is 3.17. The van der Waals surface area contributed by atoms with Gasteiger partial charge in [0.2, 0.25) is 5.95 Å². The lowest BCUT2D eigenvalue weighted by atomic mass is 9.91. The van der Waals surface area contributed by atoms with Gasteiger partial charge < -0.3 is 10.2 Å². The quantitative estimate of drug-likeness (QED) is 0.469. The molecule has 4 rings (SSSR count). The van der Waals surface area contributed by atoms with Crippen molar-refractivity contribution in [1.29, 1.82) is 0 Å². The Balaban J connectivity index is 1.57. The number of benzene rings is 1. The molecule has 2 aromatic heterocycles. The van der Waals surface area contributed by atoms with Crippen LogP contribution in [0.5, 0.6) is 0 Å². The van der Waals surface area contributed by atoms with Gasteiger partial charge in [-0.05, 0) is 65.7 Å². The molecule has 31 heavy (non-hydrogen) atoms. The first-order chi connectivity index (χ1) is 15.0. The predicted octanol–water partition coefficient (Wildman–Crippen LogP) is 5.67. The van der Waals surface area contributed by atoms with Gasteiger partial charge in [0.15, 0.2) is 5.13 Å². The lowest BCUT2D eigenvalue weighted by Crippen LogP contribution is -2.42. The molecule has 1 aliphatic heterocycles. The van der Waals surface area contributed by atoms with E-state index >= 15 is 0 Å². The van der Waals surface area contributed by atoms with Crippen LogP contribution >= 0.6 is 27.3 Å². The van der Waals surface area contributed by atoms with E-state index in [2.05, 4.69) is 50.3 Å². The Morgan fingerprint density at radius 3 is 2.74 bits per heavy atom. The minimum atomic E-state index is -0.251. The standard InChI is InChI=1S/C22H27BrN6OS/c1-4-16-8-13(3)6-7-29(16)20-25-11-15(12-26-20)14-9-17(23)19-18(10-14)27-22(31-19)28-21(30)24-5-2/h9-13,16H,4-8H2,1-3H3,(H2,24,27,28,30). The highest BCUT2D eigenvalue weighted by molar-refractivity contribution is 9.10. The second-order valence-corrected chi connectivity index (χ2v) is 9.82. The van der Waals surface area contributed by atoms with E-state index < -0.39 is 0 Å². The van der Waals surface area contributed by atoms with Gasteiger partial charge in [0.05, 0.1) is 10.2 Å². The Hall–Kier alpha value is -2.26. The van der Waals surface area contributed by atoms with Gasteiger partial charge in [0.25, 0.3) is 0 Å². The summed E-state index contributed by atoms with van der Waals surface area (Å²) < 4.78 is 1.92. The van der Waals surface area contributed by atoms with Crippen LogP contribution in [0.1, 0.15) is 40.0 Å². The number of carbonyl (C=O) groups is 1. The third-order valence-electron chi connectivity index (χ3n) is 5.68. The number of fused-ring (bicyclic) bond motifs is 1. The zero-order valence-corrected chi connectivity index (χ0v) is 20.4. The lowest BCUT2D eigenvalue weighted by molar-refractivity contribution is 0.252. The summed E-state index contributed by atoms with van der Waals surface area (Å²) >= 11 is 5.09. The molecule has 2 unspecified atom stereocenters. The van der Waals surface area contributed by atoms with Crippen molar-refractivity contribution < 1.29 is 4.79 Å². The molecule has 0 radical (unpaired) electrons. The molecular weight excluding hydrogens is 476 g/mol. The SMILES string of the molecule is CCNC(=O)Nc1nc2cc(-c3cnc(N4CCC(C)CC4CC)nc3)cc(Br)c2s1. The monoisotopic (exact) mass is 502 g/mol. The van der Waals surface area contributed by atoms with Crippen LogP contribution in [-0.2, 0) is 0 Å². The van der Waals surface area contributed by atoms with Crippen LogP contribution < -0.4 is 15.5 Å². The van der Waals surface area contributed by atoms with Gasteiger partial charge in [-0.3, -0.25) is 5.32 Å². The first-order valence-corrected chi connectivity index (χ1v) is 12.3. The van der Waals surface area contributed by atoms with Gasteiger partial charge in [-0.25, -0.2) is 19.7 Å². The molecule has 0 bridgehead atoms. The number of nitrogens with one attached hydrogen (secondary N) is 2. The van der Waals surface area contributed by atoms with Crippen LogP contribution in [0.25, 0.3) is 21.3 Å². The van der Waals surface area contributed by atoms with Crippen molar-refractivity contribution in [2.75, 3.05) is 23.3 Å². The molecular formula is C22H27BrN6OS. The highest BCUT2D eigenvalue weighted by Gasteiger charge is 2.26. The molecule has 3 aromatic rings. The molecule has 164 valence electrons. The Labute approximate surface area is 194 Å². The van der Waals surface area contributed by atoms with E-state index in [4.69, 9.17) is 9.97 Å². The molecule has 0 saturated carbocycles. The van der Waals surface area contributed by atoms with Gasteiger partial charge in [0, 0.05) is 41.6 Å². The number of nitrogens with zero attached hydrogens (tertiary/aromatic N) is 4. The maximum atomic E-state index is 11.8. The number of anilines is 2. The summed E-state index contributed by atoms with van der Waals surface area (Å²) in [4.78, 5) is 28.1. The fourth-order valence-corrected chi connectivity index (χ4v) is 5.57. The molecule has 1 saturated heterocycles. The molecule has 2 amide bonds. The molecule has 0 spiro atoms. The van der Waals surface area contributed by atoms with Gasteiger partial charge in [-0.1, -0.05) is 25.2 Å². The minimum absolute atomic E-state index is 0.251. The smallest absolute Gasteiger partial charge is 0.321 e. The number of aromatic nitrogens is 3. The first-order valence-electron chi connectivity index (χ1n) is 10.7. The van der Waals surface area contributed by atoms with Crippen molar-refractivity contribution in [2.24, 2.45) is 5.92 Å². The number of amides is 2. The summed E-state index contributed by atoms with van der Waals surface area (Å²) in [5.41, 5.74) is 2.75. The van der Waals surface area contributed by atoms with E-state index in [0.29, 0.717) is 17.7 Å². The lowest BCUT2D eigenvalue weighted by Gasteiger charge is -2.38. The first kappa shape index (κ1) is 22.0. The fourth-order valence-electron chi connectivity index (χ4n) is 4.03. The zero-order chi connectivity index (χ0) is 22.0. The maximum Gasteiger partial charge on any atom is 0.321 e. The van der Waals surface area contributed by atoms with Crippen molar-refractivity contribution in [2.45, 2.75) is 46.1 Å². The Morgan fingerprint density at radius 2 is 2.03 bits per heavy atom. The van der Waals surface area contributed by atoms with Gasteiger partial charge >= 0.3 is 6.03 Å². The topological polar surface area (TPSA) is 83.0 Å². The third kappa shape index (κ3) is 4.82. The van der Waals surface area contributed by atoms with Crippen LogP contribution in [-0.4, -0.2) is 40.1 Å². The summed E-state index contributed by atoms with van der Waals surface area (Å²) in [7, 11) is 0. The Bertz CT molecular complexity index is 1070. The normalized spacial score (nSPS) is 18.9. The number of hydrogen-bond donors (Lipinski definition) is 2. The summed E-state index contributed by atoms with van der Waals surface area (Å²) in [6, 6.07) is 4.31. The van der Waals surface area contributed by atoms with E-state index in [1.165, 1.54) is 24.2 Å². The van der Waals surface area contributed by atoms with Crippen molar-refractivity contribution in [3.05, 3.63) is 29.0 Å². The van der Waals surface area contributed by atoms with Crippen LogP contribution in [0.2, 0.25) is 0 Å². The van der Waals surface area contributed by atoms with Crippen molar-refractivity contribution in [1.82, 2.24) is 20.3 Å². The highest BCUT2D eigenvalue weighted by Crippen LogP contribution is 2.36. The minimum Gasteiger partial charge on any atom is -0.338 e. The molecule has 1 fully saturated rings. The zero-order valence-electron chi connectivity index (χ0n) is 18.0. The fraction of sp³-hybridized carbons (Fsp3) is 0.455. The van der Waals surface area contributed by atoms with Gasteiger partial charge in [-0.15, -0.1) is 0 Å². The highest BCUT2D eigenvalue weighted by atomic mass is 79.9. The van der Waals surface area contributed by atoms with Crippen molar-refractivity contribution in [3.63, 3.8) is 0 Å². The Kier molecular flexibility index (Phi) is 6.71. The van der Waals surface area contributed by atoms with Crippen molar-refractivity contribution in [3.8, 4) is 11.1 Å². The van der Waals surface area contributed by atoms with Crippen LogP contribution in [0, 0.1) is 5.92 Å².